The number of alkyl halides is 1. The van der Waals surface area contributed by atoms with Crippen molar-refractivity contribution in [3.8, 4) is 0 Å². The molecule has 0 aromatic heterocycles. The molecule has 2 atom stereocenters. The third-order valence-electron chi connectivity index (χ3n) is 3.58. The first-order chi connectivity index (χ1) is 8.30. The van der Waals surface area contributed by atoms with Crippen molar-refractivity contribution >= 4 is 18.5 Å². The Bertz CT molecular complexity index is 335. The maximum atomic E-state index is 13.5. The van der Waals surface area contributed by atoms with Crippen molar-refractivity contribution in [2.45, 2.75) is 57.3 Å². The Morgan fingerprint density at radius 3 is 2.74 bits per heavy atom. The third-order valence-corrected chi connectivity index (χ3v) is 3.58. The van der Waals surface area contributed by atoms with Gasteiger partial charge in [-0.05, 0) is 46.6 Å². The number of rotatable bonds is 0. The van der Waals surface area contributed by atoms with Crippen molar-refractivity contribution in [2.75, 3.05) is 19.6 Å². The topological polar surface area (TPSA) is 41.6 Å². The van der Waals surface area contributed by atoms with E-state index in [4.69, 9.17) is 4.74 Å². The van der Waals surface area contributed by atoms with Crippen LogP contribution in [0.1, 0.15) is 40.0 Å². The summed E-state index contributed by atoms with van der Waals surface area (Å²) in [6.45, 7) is 7.47. The van der Waals surface area contributed by atoms with Crippen LogP contribution in [0, 0.1) is 0 Å². The van der Waals surface area contributed by atoms with E-state index in [1.807, 2.05) is 20.8 Å². The lowest BCUT2D eigenvalue weighted by Gasteiger charge is -2.36. The fourth-order valence-corrected chi connectivity index (χ4v) is 2.76. The molecule has 19 heavy (non-hydrogen) atoms. The van der Waals surface area contributed by atoms with E-state index >= 15 is 0 Å². The number of amides is 1. The van der Waals surface area contributed by atoms with Crippen LogP contribution in [0.25, 0.3) is 0 Å². The summed E-state index contributed by atoms with van der Waals surface area (Å²) in [5.74, 6) is 0. The summed E-state index contributed by atoms with van der Waals surface area (Å²) < 4.78 is 18.9. The van der Waals surface area contributed by atoms with Crippen LogP contribution < -0.4 is 5.32 Å². The van der Waals surface area contributed by atoms with Gasteiger partial charge in [0, 0.05) is 18.6 Å². The summed E-state index contributed by atoms with van der Waals surface area (Å²) in [6.07, 6.45) is 0.861. The van der Waals surface area contributed by atoms with Crippen molar-refractivity contribution in [3.05, 3.63) is 0 Å². The standard InChI is InChI=1S/C13H23FN2O2.ClH/c1-12(2,3)18-11(17)16-7-5-13(9-16)8-10(14)4-6-15-13;/h10,15H,4-9H2,1-3H3;1H. The molecule has 6 heteroatoms. The molecule has 2 unspecified atom stereocenters. The minimum Gasteiger partial charge on any atom is -0.444 e. The van der Waals surface area contributed by atoms with Crippen LogP contribution in [0.5, 0.6) is 0 Å². The summed E-state index contributed by atoms with van der Waals surface area (Å²) in [5.41, 5.74) is -0.704. The van der Waals surface area contributed by atoms with Gasteiger partial charge >= 0.3 is 6.09 Å². The van der Waals surface area contributed by atoms with Crippen LogP contribution in [0.15, 0.2) is 0 Å². The smallest absolute Gasteiger partial charge is 0.410 e. The molecule has 1 N–H and O–H groups in total. The predicted octanol–water partition coefficient (Wildman–Crippen LogP) is 2.51. The first-order valence-electron chi connectivity index (χ1n) is 6.67. The molecular formula is C13H24ClFN2O2. The van der Waals surface area contributed by atoms with Crippen LogP contribution in [0.3, 0.4) is 0 Å². The number of hydrogen-bond acceptors (Lipinski definition) is 3. The zero-order chi connectivity index (χ0) is 13.4. The number of carbonyl (C=O) groups excluding carboxylic acids is 1. The third kappa shape index (κ3) is 4.21. The molecule has 0 bridgehead atoms. The maximum absolute atomic E-state index is 13.5. The summed E-state index contributed by atoms with van der Waals surface area (Å²) in [4.78, 5) is 13.6. The molecule has 0 aliphatic carbocycles. The molecule has 2 aliphatic rings. The molecule has 112 valence electrons. The molecule has 0 radical (unpaired) electrons. The van der Waals surface area contributed by atoms with Gasteiger partial charge < -0.3 is 15.0 Å². The first-order valence-corrected chi connectivity index (χ1v) is 6.67. The Labute approximate surface area is 120 Å². The van der Waals surface area contributed by atoms with Gasteiger partial charge in [-0.15, -0.1) is 12.4 Å². The van der Waals surface area contributed by atoms with Crippen LogP contribution in [-0.4, -0.2) is 47.9 Å². The molecule has 2 aliphatic heterocycles. The summed E-state index contributed by atoms with van der Waals surface area (Å²) in [7, 11) is 0. The van der Waals surface area contributed by atoms with E-state index in [0.717, 1.165) is 6.42 Å². The normalized spacial score (nSPS) is 31.2. The monoisotopic (exact) mass is 294 g/mol. The van der Waals surface area contributed by atoms with E-state index in [1.165, 1.54) is 0 Å². The van der Waals surface area contributed by atoms with E-state index in [2.05, 4.69) is 5.32 Å². The lowest BCUT2D eigenvalue weighted by Crippen LogP contribution is -2.54. The average Bonchev–Trinajstić information content (AvgIpc) is 2.59. The van der Waals surface area contributed by atoms with Gasteiger partial charge in [0.05, 0.1) is 0 Å². The molecule has 4 nitrogen and oxygen atoms in total. The second-order valence-electron chi connectivity index (χ2n) is 6.45. The maximum Gasteiger partial charge on any atom is 0.410 e. The van der Waals surface area contributed by atoms with Crippen LogP contribution in [0.2, 0.25) is 0 Å². The Kier molecular flexibility index (Phi) is 5.07. The van der Waals surface area contributed by atoms with E-state index < -0.39 is 11.8 Å². The molecule has 2 saturated heterocycles. The number of halogens is 2. The minimum absolute atomic E-state index is 0. The van der Waals surface area contributed by atoms with Gasteiger partial charge in [0.15, 0.2) is 0 Å². The highest BCUT2D eigenvalue weighted by Gasteiger charge is 2.44. The second-order valence-corrected chi connectivity index (χ2v) is 6.45. The van der Waals surface area contributed by atoms with Crippen LogP contribution >= 0.6 is 12.4 Å². The Hall–Kier alpha value is -0.550. The van der Waals surface area contributed by atoms with Gasteiger partial charge in [-0.3, -0.25) is 0 Å². The molecule has 2 rings (SSSR count). The van der Waals surface area contributed by atoms with Crippen molar-refractivity contribution < 1.29 is 13.9 Å². The molecule has 1 spiro atoms. The Morgan fingerprint density at radius 2 is 2.16 bits per heavy atom. The molecule has 2 fully saturated rings. The van der Waals surface area contributed by atoms with Crippen LogP contribution in [0.4, 0.5) is 9.18 Å². The minimum atomic E-state index is -0.746. The number of likely N-dealkylation sites (tertiary alicyclic amines) is 1. The molecule has 2 heterocycles. The van der Waals surface area contributed by atoms with Crippen molar-refractivity contribution in [2.24, 2.45) is 0 Å². The fourth-order valence-electron chi connectivity index (χ4n) is 2.76. The highest BCUT2D eigenvalue weighted by molar-refractivity contribution is 5.85. The van der Waals surface area contributed by atoms with Gasteiger partial charge in [0.2, 0.25) is 0 Å². The number of carbonyl (C=O) groups is 1. The SMILES string of the molecule is CC(C)(C)OC(=O)N1CCC2(CC(F)CCN2)C1.Cl. The van der Waals surface area contributed by atoms with Gasteiger partial charge in [0.1, 0.15) is 11.8 Å². The van der Waals surface area contributed by atoms with Gasteiger partial charge in [0.25, 0.3) is 0 Å². The van der Waals surface area contributed by atoms with E-state index in [-0.39, 0.29) is 24.0 Å². The molecule has 1 amide bonds. The van der Waals surface area contributed by atoms with E-state index in [1.54, 1.807) is 4.90 Å². The van der Waals surface area contributed by atoms with Crippen molar-refractivity contribution in [1.29, 1.82) is 0 Å². The number of piperidine rings is 1. The van der Waals surface area contributed by atoms with Crippen LogP contribution in [-0.2, 0) is 4.74 Å². The van der Waals surface area contributed by atoms with Crippen molar-refractivity contribution in [1.82, 2.24) is 10.2 Å². The number of ether oxygens (including phenoxy) is 1. The number of hydrogen-bond donors (Lipinski definition) is 1. The quantitative estimate of drug-likeness (QED) is 0.746. The lowest BCUT2D eigenvalue weighted by atomic mass is 9.87. The fraction of sp³-hybridized carbons (Fsp3) is 0.923. The molecular weight excluding hydrogens is 271 g/mol. The Balaban J connectivity index is 0.00000180. The zero-order valence-electron chi connectivity index (χ0n) is 11.9. The number of nitrogens with zero attached hydrogens (tertiary/aromatic N) is 1. The van der Waals surface area contributed by atoms with E-state index in [0.29, 0.717) is 32.5 Å². The highest BCUT2D eigenvalue weighted by Crippen LogP contribution is 2.31. The predicted molar refractivity (Wildman–Crippen MR) is 74.5 cm³/mol. The van der Waals surface area contributed by atoms with Gasteiger partial charge in [-0.25, -0.2) is 9.18 Å². The van der Waals surface area contributed by atoms with Crippen molar-refractivity contribution in [3.63, 3.8) is 0 Å². The van der Waals surface area contributed by atoms with Gasteiger partial charge in [-0.1, -0.05) is 0 Å². The summed E-state index contributed by atoms with van der Waals surface area (Å²) in [6, 6.07) is 0. The Morgan fingerprint density at radius 1 is 1.47 bits per heavy atom. The van der Waals surface area contributed by atoms with E-state index in [9.17, 15) is 9.18 Å². The largest absolute Gasteiger partial charge is 0.444 e. The molecule has 0 saturated carbocycles. The second kappa shape index (κ2) is 5.83. The molecule has 0 aromatic carbocycles. The summed E-state index contributed by atoms with van der Waals surface area (Å²) in [5, 5.41) is 3.38. The average molecular weight is 295 g/mol. The highest BCUT2D eigenvalue weighted by atomic mass is 35.5. The van der Waals surface area contributed by atoms with Gasteiger partial charge in [-0.2, -0.15) is 0 Å². The summed E-state index contributed by atoms with van der Waals surface area (Å²) >= 11 is 0. The lowest BCUT2D eigenvalue weighted by molar-refractivity contribution is 0.0269. The number of nitrogens with one attached hydrogen (secondary N) is 1. The zero-order valence-corrected chi connectivity index (χ0v) is 12.7. The first kappa shape index (κ1) is 16.5. The molecule has 0 aromatic rings.